The molecule has 0 rings (SSSR count). The van der Waals surface area contributed by atoms with E-state index in [1.165, 1.54) is 0 Å². The summed E-state index contributed by atoms with van der Waals surface area (Å²) in [5.41, 5.74) is -1.14. The summed E-state index contributed by atoms with van der Waals surface area (Å²) in [6.07, 6.45) is -0.0252. The third-order valence-corrected chi connectivity index (χ3v) is 2.26. The first kappa shape index (κ1) is 18.7. The van der Waals surface area contributed by atoms with E-state index >= 15 is 0 Å². The van der Waals surface area contributed by atoms with Gasteiger partial charge in [0, 0.05) is 13.0 Å². The Morgan fingerprint density at radius 1 is 0.950 bits per heavy atom. The highest BCUT2D eigenvalue weighted by molar-refractivity contribution is 5.76. The molecule has 0 saturated carbocycles. The fourth-order valence-electron chi connectivity index (χ4n) is 1.49. The molecular formula is C15H30N2O3. The van der Waals surface area contributed by atoms with Gasteiger partial charge in [0.15, 0.2) is 0 Å². The maximum atomic E-state index is 11.8. The van der Waals surface area contributed by atoms with Crippen LogP contribution in [0.15, 0.2) is 0 Å². The Morgan fingerprint density at radius 3 is 1.85 bits per heavy atom. The van der Waals surface area contributed by atoms with Crippen LogP contribution >= 0.6 is 0 Å². The van der Waals surface area contributed by atoms with Gasteiger partial charge in [0.25, 0.3) is 0 Å². The summed E-state index contributed by atoms with van der Waals surface area (Å²) in [7, 11) is 0. The molecule has 0 saturated heterocycles. The van der Waals surface area contributed by atoms with E-state index < -0.39 is 17.2 Å². The molecule has 0 aromatic carbocycles. The van der Waals surface area contributed by atoms with Crippen LogP contribution in [0.25, 0.3) is 0 Å². The van der Waals surface area contributed by atoms with Crippen LogP contribution in [0.4, 0.5) is 4.79 Å². The summed E-state index contributed by atoms with van der Waals surface area (Å²) in [4.78, 5) is 23.5. The molecule has 5 nitrogen and oxygen atoms in total. The average molecular weight is 286 g/mol. The summed E-state index contributed by atoms with van der Waals surface area (Å²) in [6, 6.07) is 0. The van der Waals surface area contributed by atoms with Crippen LogP contribution < -0.4 is 10.6 Å². The fourth-order valence-corrected chi connectivity index (χ4v) is 1.49. The quantitative estimate of drug-likeness (QED) is 0.835. The van der Waals surface area contributed by atoms with Gasteiger partial charge in [-0.25, -0.2) is 4.79 Å². The van der Waals surface area contributed by atoms with Crippen molar-refractivity contribution in [2.45, 2.75) is 73.0 Å². The van der Waals surface area contributed by atoms with E-state index in [4.69, 9.17) is 4.74 Å². The van der Waals surface area contributed by atoms with Gasteiger partial charge in [-0.05, 0) is 40.0 Å². The normalized spacial score (nSPS) is 12.8. The number of alkyl carbamates (subject to hydrolysis) is 1. The van der Waals surface area contributed by atoms with E-state index in [9.17, 15) is 9.59 Å². The topological polar surface area (TPSA) is 67.4 Å². The zero-order valence-electron chi connectivity index (χ0n) is 14.1. The first-order valence-corrected chi connectivity index (χ1v) is 6.98. The predicted molar refractivity (Wildman–Crippen MR) is 80.5 cm³/mol. The van der Waals surface area contributed by atoms with Crippen LogP contribution in [0, 0.1) is 5.41 Å². The number of carbonyl (C=O) groups excluding carboxylic acids is 2. The second-order valence-corrected chi connectivity index (χ2v) is 8.02. The molecule has 0 aromatic rings. The number of rotatable bonds is 4. The van der Waals surface area contributed by atoms with Crippen molar-refractivity contribution < 1.29 is 14.3 Å². The molecule has 0 spiro atoms. The van der Waals surface area contributed by atoms with Gasteiger partial charge in [-0.15, -0.1) is 0 Å². The van der Waals surface area contributed by atoms with Gasteiger partial charge in [0.1, 0.15) is 5.60 Å². The maximum absolute atomic E-state index is 11.8. The summed E-state index contributed by atoms with van der Waals surface area (Å²) in [6.45, 7) is 15.5. The number of nitrogens with one attached hydrogen (secondary N) is 2. The zero-order chi connectivity index (χ0) is 16.2. The average Bonchev–Trinajstić information content (AvgIpc) is 2.07. The Labute approximate surface area is 122 Å². The molecule has 0 unspecified atom stereocenters. The molecule has 0 atom stereocenters. The van der Waals surface area contributed by atoms with E-state index in [2.05, 4.69) is 10.6 Å². The van der Waals surface area contributed by atoms with Crippen LogP contribution in [0.2, 0.25) is 0 Å². The van der Waals surface area contributed by atoms with Crippen molar-refractivity contribution in [2.75, 3.05) is 6.54 Å². The first-order chi connectivity index (χ1) is 8.70. The van der Waals surface area contributed by atoms with Crippen molar-refractivity contribution in [3.05, 3.63) is 0 Å². The molecular weight excluding hydrogens is 256 g/mol. The molecule has 0 aliphatic carbocycles. The highest BCUT2D eigenvalue weighted by atomic mass is 16.6. The Balaban J connectivity index is 4.26. The third-order valence-electron chi connectivity index (χ3n) is 2.26. The van der Waals surface area contributed by atoms with Crippen LogP contribution in [0.5, 0.6) is 0 Å². The van der Waals surface area contributed by atoms with Gasteiger partial charge in [0.2, 0.25) is 5.91 Å². The lowest BCUT2D eigenvalue weighted by atomic mass is 9.92. The smallest absolute Gasteiger partial charge is 0.408 e. The van der Waals surface area contributed by atoms with Gasteiger partial charge >= 0.3 is 6.09 Å². The van der Waals surface area contributed by atoms with Crippen molar-refractivity contribution in [3.63, 3.8) is 0 Å². The summed E-state index contributed by atoms with van der Waals surface area (Å²) >= 11 is 0. The van der Waals surface area contributed by atoms with Gasteiger partial charge in [-0.2, -0.15) is 0 Å². The van der Waals surface area contributed by atoms with Crippen LogP contribution in [0.3, 0.4) is 0 Å². The Hall–Kier alpha value is -1.26. The van der Waals surface area contributed by atoms with Gasteiger partial charge in [-0.3, -0.25) is 4.79 Å². The SMILES string of the molecule is CC(C)(C)CC(=O)NCC(C)(C)NC(=O)OC(C)(C)C. The van der Waals surface area contributed by atoms with Crippen molar-refractivity contribution in [3.8, 4) is 0 Å². The molecule has 0 fully saturated rings. The molecule has 0 radical (unpaired) electrons. The van der Waals surface area contributed by atoms with E-state index in [-0.39, 0.29) is 11.3 Å². The summed E-state index contributed by atoms with van der Waals surface area (Å²) in [5, 5.41) is 5.59. The summed E-state index contributed by atoms with van der Waals surface area (Å²) < 4.78 is 5.20. The minimum Gasteiger partial charge on any atom is -0.444 e. The molecule has 118 valence electrons. The molecule has 0 bridgehead atoms. The summed E-state index contributed by atoms with van der Waals surface area (Å²) in [5.74, 6) is -0.0171. The Morgan fingerprint density at radius 2 is 1.45 bits per heavy atom. The Bertz CT molecular complexity index is 349. The molecule has 5 heteroatoms. The monoisotopic (exact) mass is 286 g/mol. The molecule has 0 aromatic heterocycles. The maximum Gasteiger partial charge on any atom is 0.408 e. The second-order valence-electron chi connectivity index (χ2n) is 8.02. The van der Waals surface area contributed by atoms with Gasteiger partial charge in [0.05, 0.1) is 5.54 Å². The Kier molecular flexibility index (Phi) is 6.05. The molecule has 0 aliphatic rings. The van der Waals surface area contributed by atoms with E-state index in [1.54, 1.807) is 0 Å². The molecule has 2 N–H and O–H groups in total. The fraction of sp³-hybridized carbons (Fsp3) is 0.867. The van der Waals surface area contributed by atoms with Crippen LogP contribution in [-0.2, 0) is 9.53 Å². The van der Waals surface area contributed by atoms with Crippen LogP contribution in [0.1, 0.15) is 61.8 Å². The predicted octanol–water partition coefficient (Wildman–Crippen LogP) is 2.84. The lowest BCUT2D eigenvalue weighted by Crippen LogP contribution is -2.52. The number of hydrogen-bond donors (Lipinski definition) is 2. The van der Waals surface area contributed by atoms with Crippen LogP contribution in [-0.4, -0.2) is 29.7 Å². The number of carbonyl (C=O) groups is 2. The molecule has 2 amide bonds. The number of amides is 2. The molecule has 0 heterocycles. The van der Waals surface area contributed by atoms with E-state index in [1.807, 2.05) is 55.4 Å². The highest BCUT2D eigenvalue weighted by Gasteiger charge is 2.25. The standard InChI is InChI=1S/C15H30N2O3/c1-13(2,3)9-11(18)16-10-15(7,8)17-12(19)20-14(4,5)6/h9-10H2,1-8H3,(H,16,18)(H,17,19). The van der Waals surface area contributed by atoms with E-state index in [0.29, 0.717) is 13.0 Å². The largest absolute Gasteiger partial charge is 0.444 e. The second kappa shape index (κ2) is 6.46. The first-order valence-electron chi connectivity index (χ1n) is 6.98. The number of hydrogen-bond acceptors (Lipinski definition) is 3. The third kappa shape index (κ3) is 10.6. The van der Waals surface area contributed by atoms with Crippen molar-refractivity contribution >= 4 is 12.0 Å². The van der Waals surface area contributed by atoms with Crippen molar-refractivity contribution in [2.24, 2.45) is 5.41 Å². The zero-order valence-corrected chi connectivity index (χ0v) is 14.1. The molecule has 0 aliphatic heterocycles. The van der Waals surface area contributed by atoms with E-state index in [0.717, 1.165) is 0 Å². The van der Waals surface area contributed by atoms with Gasteiger partial charge in [-0.1, -0.05) is 20.8 Å². The van der Waals surface area contributed by atoms with Gasteiger partial charge < -0.3 is 15.4 Å². The minimum absolute atomic E-state index is 0.0171. The highest BCUT2D eigenvalue weighted by Crippen LogP contribution is 2.18. The lowest BCUT2D eigenvalue weighted by molar-refractivity contribution is -0.123. The van der Waals surface area contributed by atoms with Crippen molar-refractivity contribution in [1.82, 2.24) is 10.6 Å². The van der Waals surface area contributed by atoms with Crippen molar-refractivity contribution in [1.29, 1.82) is 0 Å². The number of ether oxygens (including phenoxy) is 1. The minimum atomic E-state index is -0.560. The lowest BCUT2D eigenvalue weighted by Gasteiger charge is -2.29. The molecule has 20 heavy (non-hydrogen) atoms.